The average Bonchev–Trinajstić information content (AvgIpc) is 2.66. The highest BCUT2D eigenvalue weighted by atomic mass is 16.5. The Morgan fingerprint density at radius 1 is 1.00 bits per heavy atom. The molecule has 0 saturated carbocycles. The smallest absolute Gasteiger partial charge is 0.341 e. The van der Waals surface area contributed by atoms with Gasteiger partial charge >= 0.3 is 5.97 Å². The standard InChI is InChI=1S/C26H36N2O3/c1-19-10-6-7-11-20(19)16-28(22-14-25(2,3)27-26(4,5)15-22)17-21-12-8-9-13-23(21)31-18-24(29)30/h6-13,22,27H,14-18H2,1-5H3,(H,29,30). The third kappa shape index (κ3) is 6.55. The number of piperidine rings is 1. The third-order valence-electron chi connectivity index (χ3n) is 6.02. The minimum absolute atomic E-state index is 0.0374. The van der Waals surface area contributed by atoms with Gasteiger partial charge in [0.05, 0.1) is 0 Å². The molecule has 0 unspecified atom stereocenters. The fourth-order valence-corrected chi connectivity index (χ4v) is 4.98. The predicted molar refractivity (Wildman–Crippen MR) is 124 cm³/mol. The second-order valence-electron chi connectivity index (χ2n) is 10.1. The molecule has 2 aromatic rings. The number of ether oxygens (including phenoxy) is 1. The zero-order chi connectivity index (χ0) is 22.6. The van der Waals surface area contributed by atoms with Crippen LogP contribution >= 0.6 is 0 Å². The molecule has 0 amide bonds. The summed E-state index contributed by atoms with van der Waals surface area (Å²) in [6.07, 6.45) is 2.08. The summed E-state index contributed by atoms with van der Waals surface area (Å²) in [4.78, 5) is 13.6. The lowest BCUT2D eigenvalue weighted by Gasteiger charge is -2.50. The van der Waals surface area contributed by atoms with Crippen molar-refractivity contribution in [3.63, 3.8) is 0 Å². The van der Waals surface area contributed by atoms with Crippen LogP contribution in [0.1, 0.15) is 57.2 Å². The molecular formula is C26H36N2O3. The summed E-state index contributed by atoms with van der Waals surface area (Å²) in [5.74, 6) is -0.319. The van der Waals surface area contributed by atoms with Crippen molar-refractivity contribution in [1.29, 1.82) is 0 Å². The molecule has 1 aliphatic rings. The number of nitrogens with one attached hydrogen (secondary N) is 1. The van der Waals surface area contributed by atoms with Gasteiger partial charge in [-0.1, -0.05) is 42.5 Å². The summed E-state index contributed by atoms with van der Waals surface area (Å²) >= 11 is 0. The highest BCUT2D eigenvalue weighted by Crippen LogP contribution is 2.34. The molecule has 168 valence electrons. The zero-order valence-electron chi connectivity index (χ0n) is 19.4. The van der Waals surface area contributed by atoms with E-state index in [1.807, 2.05) is 24.3 Å². The Labute approximate surface area is 186 Å². The summed E-state index contributed by atoms with van der Waals surface area (Å²) in [5, 5.41) is 12.8. The van der Waals surface area contributed by atoms with Crippen molar-refractivity contribution < 1.29 is 14.6 Å². The van der Waals surface area contributed by atoms with Crippen molar-refractivity contribution in [2.45, 2.75) is 77.7 Å². The number of carbonyl (C=O) groups is 1. The number of aliphatic carboxylic acids is 1. The van der Waals surface area contributed by atoms with Crippen LogP contribution in [-0.2, 0) is 17.9 Å². The van der Waals surface area contributed by atoms with Crippen molar-refractivity contribution in [3.05, 3.63) is 65.2 Å². The Bertz CT molecular complexity index is 891. The van der Waals surface area contributed by atoms with Crippen LogP contribution in [0.5, 0.6) is 5.75 Å². The van der Waals surface area contributed by atoms with Gasteiger partial charge in [-0.2, -0.15) is 0 Å². The van der Waals surface area contributed by atoms with Gasteiger partial charge in [-0.3, -0.25) is 4.90 Å². The fourth-order valence-electron chi connectivity index (χ4n) is 4.98. The summed E-state index contributed by atoms with van der Waals surface area (Å²) < 4.78 is 5.60. The predicted octanol–water partition coefficient (Wildman–Crippen LogP) is 4.77. The van der Waals surface area contributed by atoms with Crippen LogP contribution in [0.25, 0.3) is 0 Å². The number of nitrogens with zero attached hydrogens (tertiary/aromatic N) is 1. The molecule has 0 bridgehead atoms. The Morgan fingerprint density at radius 2 is 1.55 bits per heavy atom. The topological polar surface area (TPSA) is 61.8 Å². The normalized spacial score (nSPS) is 18.1. The number of para-hydroxylation sites is 1. The number of hydrogen-bond acceptors (Lipinski definition) is 4. The maximum atomic E-state index is 11.0. The number of aryl methyl sites for hydroxylation is 1. The van der Waals surface area contributed by atoms with Gasteiger partial charge in [0.1, 0.15) is 5.75 Å². The first-order chi connectivity index (χ1) is 14.5. The Hall–Kier alpha value is -2.37. The van der Waals surface area contributed by atoms with Crippen LogP contribution in [-0.4, -0.2) is 39.7 Å². The van der Waals surface area contributed by atoms with Crippen molar-refractivity contribution in [2.24, 2.45) is 0 Å². The summed E-state index contributed by atoms with van der Waals surface area (Å²) in [5.41, 5.74) is 3.70. The highest BCUT2D eigenvalue weighted by molar-refractivity contribution is 5.68. The first-order valence-electron chi connectivity index (χ1n) is 11.1. The number of carboxylic acid groups (broad SMARTS) is 1. The molecule has 0 aliphatic carbocycles. The number of rotatable bonds is 8. The van der Waals surface area contributed by atoms with Crippen molar-refractivity contribution in [2.75, 3.05) is 6.61 Å². The first kappa shape index (κ1) is 23.3. The molecule has 0 spiro atoms. The lowest BCUT2D eigenvalue weighted by molar-refractivity contribution is -0.139. The zero-order valence-corrected chi connectivity index (χ0v) is 19.4. The van der Waals surface area contributed by atoms with Crippen LogP contribution < -0.4 is 10.1 Å². The van der Waals surface area contributed by atoms with Gasteiger partial charge in [0.15, 0.2) is 6.61 Å². The number of carboxylic acids is 1. The lowest BCUT2D eigenvalue weighted by atomic mass is 9.78. The molecule has 31 heavy (non-hydrogen) atoms. The summed E-state index contributed by atoms with van der Waals surface area (Å²) in [6.45, 7) is 12.5. The molecule has 1 heterocycles. The van der Waals surface area contributed by atoms with Gasteiger partial charge in [-0.05, 0) is 64.7 Å². The van der Waals surface area contributed by atoms with Crippen molar-refractivity contribution in [1.82, 2.24) is 10.2 Å². The molecule has 5 heteroatoms. The molecule has 3 rings (SSSR count). The van der Waals surface area contributed by atoms with E-state index in [9.17, 15) is 4.79 Å². The van der Waals surface area contributed by atoms with Gasteiger partial charge in [-0.15, -0.1) is 0 Å². The van der Waals surface area contributed by atoms with Crippen LogP contribution in [0.2, 0.25) is 0 Å². The maximum absolute atomic E-state index is 11.0. The summed E-state index contributed by atoms with van der Waals surface area (Å²) in [6, 6.07) is 16.7. The second-order valence-corrected chi connectivity index (χ2v) is 10.1. The quantitative estimate of drug-likeness (QED) is 0.639. The van der Waals surface area contributed by atoms with E-state index in [-0.39, 0.29) is 17.7 Å². The minimum Gasteiger partial charge on any atom is -0.482 e. The van der Waals surface area contributed by atoms with Crippen LogP contribution in [0.4, 0.5) is 0 Å². The summed E-state index contributed by atoms with van der Waals surface area (Å²) in [7, 11) is 0. The van der Waals surface area contributed by atoms with Gasteiger partial charge in [0.25, 0.3) is 0 Å². The van der Waals surface area contributed by atoms with E-state index >= 15 is 0 Å². The Morgan fingerprint density at radius 3 is 2.16 bits per heavy atom. The Balaban J connectivity index is 1.92. The largest absolute Gasteiger partial charge is 0.482 e. The molecule has 0 radical (unpaired) electrons. The van der Waals surface area contributed by atoms with E-state index < -0.39 is 5.97 Å². The van der Waals surface area contributed by atoms with E-state index in [2.05, 4.69) is 69.1 Å². The fraction of sp³-hybridized carbons (Fsp3) is 0.500. The third-order valence-corrected chi connectivity index (χ3v) is 6.02. The minimum atomic E-state index is -0.964. The number of benzene rings is 2. The molecular weight excluding hydrogens is 388 g/mol. The van der Waals surface area contributed by atoms with Crippen molar-refractivity contribution >= 4 is 5.97 Å². The average molecular weight is 425 g/mol. The monoisotopic (exact) mass is 424 g/mol. The molecule has 0 atom stereocenters. The van der Waals surface area contributed by atoms with Crippen LogP contribution in [0.15, 0.2) is 48.5 Å². The molecule has 2 aromatic carbocycles. The van der Waals surface area contributed by atoms with E-state index in [1.54, 1.807) is 0 Å². The second kappa shape index (κ2) is 9.41. The van der Waals surface area contributed by atoms with E-state index in [0.29, 0.717) is 18.3 Å². The van der Waals surface area contributed by atoms with Crippen molar-refractivity contribution in [3.8, 4) is 5.75 Å². The van der Waals surface area contributed by atoms with E-state index in [1.165, 1.54) is 11.1 Å². The maximum Gasteiger partial charge on any atom is 0.341 e. The highest BCUT2D eigenvalue weighted by Gasteiger charge is 2.40. The molecule has 1 saturated heterocycles. The van der Waals surface area contributed by atoms with E-state index in [0.717, 1.165) is 24.9 Å². The molecule has 2 N–H and O–H groups in total. The molecule has 0 aromatic heterocycles. The first-order valence-corrected chi connectivity index (χ1v) is 11.1. The SMILES string of the molecule is Cc1ccccc1CN(Cc1ccccc1OCC(=O)O)C1CC(C)(C)NC(C)(C)C1. The van der Waals surface area contributed by atoms with Crippen LogP contribution in [0, 0.1) is 6.92 Å². The Kier molecular flexibility index (Phi) is 7.07. The van der Waals surface area contributed by atoms with Gasteiger partial charge in [0, 0.05) is 35.8 Å². The lowest BCUT2D eigenvalue weighted by Crippen LogP contribution is -2.62. The molecule has 1 aliphatic heterocycles. The van der Waals surface area contributed by atoms with Gasteiger partial charge in [0.2, 0.25) is 0 Å². The number of hydrogen-bond donors (Lipinski definition) is 2. The molecule has 1 fully saturated rings. The molecule has 5 nitrogen and oxygen atoms in total. The van der Waals surface area contributed by atoms with Gasteiger partial charge in [-0.25, -0.2) is 4.79 Å². The van der Waals surface area contributed by atoms with E-state index in [4.69, 9.17) is 9.84 Å². The van der Waals surface area contributed by atoms with Gasteiger partial charge < -0.3 is 15.2 Å². The van der Waals surface area contributed by atoms with Crippen LogP contribution in [0.3, 0.4) is 0 Å².